The van der Waals surface area contributed by atoms with E-state index in [1.165, 1.54) is 30.3 Å². The van der Waals surface area contributed by atoms with Gasteiger partial charge in [-0.3, -0.25) is 19.2 Å². The molecule has 0 atom stereocenters. The number of nitro groups is 1. The van der Waals surface area contributed by atoms with E-state index < -0.39 is 27.5 Å². The summed E-state index contributed by atoms with van der Waals surface area (Å²) >= 11 is 3.25. The van der Waals surface area contributed by atoms with Crippen LogP contribution in [-0.2, 0) is 19.6 Å². The van der Waals surface area contributed by atoms with Gasteiger partial charge in [0, 0.05) is 16.6 Å². The van der Waals surface area contributed by atoms with Gasteiger partial charge in [-0.05, 0) is 30.3 Å². The molecule has 0 radical (unpaired) electrons. The van der Waals surface area contributed by atoms with E-state index in [0.29, 0.717) is 0 Å². The Kier molecular flexibility index (Phi) is 5.75. The zero-order valence-corrected chi connectivity index (χ0v) is 15.4. The minimum absolute atomic E-state index is 0.222. The van der Waals surface area contributed by atoms with Crippen LogP contribution in [0.1, 0.15) is 0 Å². The predicted molar refractivity (Wildman–Crippen MR) is 93.8 cm³/mol. The molecule has 25 heavy (non-hydrogen) atoms. The molecule has 10 heteroatoms. The lowest BCUT2D eigenvalue weighted by Gasteiger charge is -2.23. The molecule has 0 amide bonds. The molecule has 0 heterocycles. The molecule has 0 saturated heterocycles. The maximum Gasteiger partial charge on any atom is 0.326 e. The summed E-state index contributed by atoms with van der Waals surface area (Å²) in [6.45, 7) is -0.566. The van der Waals surface area contributed by atoms with Crippen LogP contribution in [0.5, 0.6) is 0 Å². The first-order valence-corrected chi connectivity index (χ1v) is 9.08. The summed E-state index contributed by atoms with van der Waals surface area (Å²) in [6.07, 6.45) is 0. The van der Waals surface area contributed by atoms with Crippen LogP contribution in [0, 0.1) is 10.1 Å². The Morgan fingerprint density at radius 2 is 1.88 bits per heavy atom. The summed E-state index contributed by atoms with van der Waals surface area (Å²) in [5.74, 6) is -0.767. The van der Waals surface area contributed by atoms with Crippen molar-refractivity contribution in [2.45, 2.75) is 4.90 Å². The highest BCUT2D eigenvalue weighted by Crippen LogP contribution is 2.27. The highest BCUT2D eigenvalue weighted by Gasteiger charge is 2.28. The van der Waals surface area contributed by atoms with Gasteiger partial charge in [-0.1, -0.05) is 22.0 Å². The van der Waals surface area contributed by atoms with Crippen LogP contribution >= 0.6 is 15.9 Å². The zero-order chi connectivity index (χ0) is 18.6. The largest absolute Gasteiger partial charge is 0.468 e. The fourth-order valence-corrected chi connectivity index (χ4v) is 3.70. The number of ether oxygens (including phenoxy) is 1. The molecule has 0 unspecified atom stereocenters. The minimum Gasteiger partial charge on any atom is -0.468 e. The lowest BCUT2D eigenvalue weighted by molar-refractivity contribution is -0.385. The van der Waals surface area contributed by atoms with Crippen LogP contribution in [0.15, 0.2) is 57.9 Å². The van der Waals surface area contributed by atoms with E-state index in [1.807, 2.05) is 0 Å². The molecule has 0 fully saturated rings. The SMILES string of the molecule is COC(=O)CN(c1ccc(Br)cc1)S(=O)(=O)c1cccc([N+](=O)[O-])c1. The van der Waals surface area contributed by atoms with Gasteiger partial charge in [-0.15, -0.1) is 0 Å². The first kappa shape index (κ1) is 18.9. The number of hydrogen-bond donors (Lipinski definition) is 0. The average Bonchev–Trinajstić information content (AvgIpc) is 2.60. The van der Waals surface area contributed by atoms with Crippen molar-refractivity contribution in [1.29, 1.82) is 0 Å². The monoisotopic (exact) mass is 428 g/mol. The highest BCUT2D eigenvalue weighted by molar-refractivity contribution is 9.10. The van der Waals surface area contributed by atoms with E-state index in [1.54, 1.807) is 12.1 Å². The highest BCUT2D eigenvalue weighted by atomic mass is 79.9. The van der Waals surface area contributed by atoms with E-state index in [9.17, 15) is 23.3 Å². The molecule has 0 aliphatic heterocycles. The van der Waals surface area contributed by atoms with Gasteiger partial charge >= 0.3 is 5.97 Å². The Bertz CT molecular complexity index is 898. The second kappa shape index (κ2) is 7.62. The van der Waals surface area contributed by atoms with Gasteiger partial charge in [-0.25, -0.2) is 8.42 Å². The summed E-state index contributed by atoms with van der Waals surface area (Å²) in [7, 11) is -3.07. The quantitative estimate of drug-likeness (QED) is 0.397. The molecule has 2 rings (SSSR count). The molecular weight excluding hydrogens is 416 g/mol. The molecule has 0 saturated carbocycles. The Morgan fingerprint density at radius 1 is 1.24 bits per heavy atom. The molecule has 0 aliphatic rings. The number of carbonyl (C=O) groups is 1. The van der Waals surface area contributed by atoms with Crippen molar-refractivity contribution in [3.05, 3.63) is 63.1 Å². The number of nitro benzene ring substituents is 1. The second-order valence-corrected chi connectivity index (χ2v) is 7.60. The van der Waals surface area contributed by atoms with Crippen LogP contribution < -0.4 is 4.31 Å². The number of carbonyl (C=O) groups excluding carboxylic acids is 1. The number of esters is 1. The molecule has 132 valence electrons. The lowest BCUT2D eigenvalue weighted by atomic mass is 10.3. The summed E-state index contributed by atoms with van der Waals surface area (Å²) in [5, 5.41) is 10.9. The number of nitrogens with zero attached hydrogens (tertiary/aromatic N) is 2. The average molecular weight is 429 g/mol. The molecule has 0 spiro atoms. The maximum absolute atomic E-state index is 12.9. The summed E-state index contributed by atoms with van der Waals surface area (Å²) in [4.78, 5) is 21.6. The fraction of sp³-hybridized carbons (Fsp3) is 0.133. The standard InChI is InChI=1S/C15H13BrN2O6S/c1-24-15(19)10-17(12-7-5-11(16)6-8-12)25(22,23)14-4-2-3-13(9-14)18(20)21/h2-9H,10H2,1H3. The van der Waals surface area contributed by atoms with Crippen LogP contribution in [-0.4, -0.2) is 33.0 Å². The van der Waals surface area contributed by atoms with Gasteiger partial charge in [0.05, 0.1) is 22.6 Å². The van der Waals surface area contributed by atoms with Crippen molar-refractivity contribution in [3.8, 4) is 0 Å². The van der Waals surface area contributed by atoms with E-state index >= 15 is 0 Å². The van der Waals surface area contributed by atoms with Gasteiger partial charge in [0.15, 0.2) is 0 Å². The van der Waals surface area contributed by atoms with Gasteiger partial charge in [-0.2, -0.15) is 0 Å². The zero-order valence-electron chi connectivity index (χ0n) is 13.0. The number of benzene rings is 2. The Balaban J connectivity index is 2.54. The molecule has 0 aliphatic carbocycles. The number of anilines is 1. The van der Waals surface area contributed by atoms with Gasteiger partial charge in [0.25, 0.3) is 15.7 Å². The fourth-order valence-electron chi connectivity index (χ4n) is 1.99. The molecule has 8 nitrogen and oxygen atoms in total. The molecule has 2 aromatic carbocycles. The van der Waals surface area contributed by atoms with Gasteiger partial charge in [0.2, 0.25) is 0 Å². The van der Waals surface area contributed by atoms with Crippen molar-refractivity contribution in [2.24, 2.45) is 0 Å². The van der Waals surface area contributed by atoms with Crippen LogP contribution in [0.3, 0.4) is 0 Å². The molecule has 2 aromatic rings. The van der Waals surface area contributed by atoms with Crippen LogP contribution in [0.25, 0.3) is 0 Å². The Hall–Kier alpha value is -2.46. The lowest BCUT2D eigenvalue weighted by Crippen LogP contribution is -2.36. The van der Waals surface area contributed by atoms with Crippen molar-refractivity contribution >= 4 is 43.3 Å². The smallest absolute Gasteiger partial charge is 0.326 e. The van der Waals surface area contributed by atoms with Crippen LogP contribution in [0.4, 0.5) is 11.4 Å². The first-order chi connectivity index (χ1) is 11.8. The number of rotatable bonds is 6. The topological polar surface area (TPSA) is 107 Å². The Morgan fingerprint density at radius 3 is 2.44 bits per heavy atom. The summed E-state index contributed by atoms with van der Waals surface area (Å²) < 4.78 is 32.0. The van der Waals surface area contributed by atoms with Gasteiger partial charge in [0.1, 0.15) is 6.54 Å². The summed E-state index contributed by atoms with van der Waals surface area (Å²) in [6, 6.07) is 10.9. The van der Waals surface area contributed by atoms with E-state index in [-0.39, 0.29) is 16.3 Å². The number of halogens is 1. The van der Waals surface area contributed by atoms with Crippen LogP contribution in [0.2, 0.25) is 0 Å². The number of methoxy groups -OCH3 is 1. The minimum atomic E-state index is -4.22. The first-order valence-electron chi connectivity index (χ1n) is 6.85. The number of sulfonamides is 1. The summed E-state index contributed by atoms with van der Waals surface area (Å²) in [5.41, 5.74) is -0.144. The van der Waals surface area contributed by atoms with Crippen molar-refractivity contribution < 1.29 is 22.9 Å². The van der Waals surface area contributed by atoms with Crippen molar-refractivity contribution in [2.75, 3.05) is 18.0 Å². The second-order valence-electron chi connectivity index (χ2n) is 4.82. The molecule has 0 aromatic heterocycles. The number of hydrogen-bond acceptors (Lipinski definition) is 6. The Labute approximate surface area is 152 Å². The van der Waals surface area contributed by atoms with Crippen molar-refractivity contribution in [1.82, 2.24) is 0 Å². The van der Waals surface area contributed by atoms with Crippen molar-refractivity contribution in [3.63, 3.8) is 0 Å². The van der Waals surface area contributed by atoms with E-state index in [2.05, 4.69) is 20.7 Å². The maximum atomic E-state index is 12.9. The molecule has 0 N–H and O–H groups in total. The third-order valence-corrected chi connectivity index (χ3v) is 5.53. The normalized spacial score (nSPS) is 11.0. The molecular formula is C15H13BrN2O6S. The third kappa shape index (κ3) is 4.34. The predicted octanol–water partition coefficient (Wildman–Crippen LogP) is 2.73. The number of non-ortho nitro benzene ring substituents is 1. The van der Waals surface area contributed by atoms with Gasteiger partial charge < -0.3 is 4.74 Å². The van der Waals surface area contributed by atoms with E-state index in [0.717, 1.165) is 22.0 Å². The molecule has 0 bridgehead atoms. The van der Waals surface area contributed by atoms with E-state index in [4.69, 9.17) is 0 Å². The third-order valence-electron chi connectivity index (χ3n) is 3.23.